The lowest BCUT2D eigenvalue weighted by Crippen LogP contribution is -2.37. The Morgan fingerprint density at radius 3 is 2.58 bits per heavy atom. The van der Waals surface area contributed by atoms with Crippen LogP contribution in [0.2, 0.25) is 0 Å². The summed E-state index contributed by atoms with van der Waals surface area (Å²) >= 11 is 0. The molecule has 2 rings (SSSR count). The van der Waals surface area contributed by atoms with Crippen molar-refractivity contribution < 1.29 is 19.3 Å². The molecule has 3 unspecified atom stereocenters. The van der Waals surface area contributed by atoms with Gasteiger partial charge in [-0.3, -0.25) is 18.9 Å². The molecule has 0 aromatic carbocycles. The quantitative estimate of drug-likeness (QED) is 0.577. The van der Waals surface area contributed by atoms with Crippen molar-refractivity contribution in [3.63, 3.8) is 0 Å². The average Bonchev–Trinajstić information content (AvgIpc) is 2.88. The predicted molar refractivity (Wildman–Crippen MR) is 99.0 cm³/mol. The van der Waals surface area contributed by atoms with Gasteiger partial charge in [-0.05, 0) is 31.6 Å². The van der Waals surface area contributed by atoms with Crippen LogP contribution in [0.3, 0.4) is 0 Å². The maximum atomic E-state index is 12.2. The van der Waals surface area contributed by atoms with Crippen LogP contribution in [-0.2, 0) is 9.09 Å². The van der Waals surface area contributed by atoms with Gasteiger partial charge in [0.15, 0.2) is 8.03 Å². The van der Waals surface area contributed by atoms with Crippen LogP contribution in [0.4, 0.5) is 0 Å². The van der Waals surface area contributed by atoms with Crippen LogP contribution in [0.15, 0.2) is 21.9 Å². The van der Waals surface area contributed by atoms with Gasteiger partial charge in [0.05, 0.1) is 18.2 Å². The van der Waals surface area contributed by atoms with Crippen molar-refractivity contribution >= 4 is 8.03 Å². The topological polar surface area (TPSA) is 122 Å². The minimum Gasteiger partial charge on any atom is -0.390 e. The maximum Gasteiger partial charge on any atom is 0.328 e. The number of rotatable bonds is 8. The normalized spacial score (nSPS) is 29.4. The number of hydrogen-bond acceptors (Lipinski definition) is 6. The third kappa shape index (κ3) is 4.74. The molecule has 1 aromatic rings. The zero-order chi connectivity index (χ0) is 19.4. The van der Waals surface area contributed by atoms with Crippen molar-refractivity contribution in [2.75, 3.05) is 0 Å². The summed E-state index contributed by atoms with van der Waals surface area (Å²) in [5.41, 5.74) is -1.12. The summed E-state index contributed by atoms with van der Waals surface area (Å²) in [6.07, 6.45) is 1.18. The first-order valence-electron chi connectivity index (χ1n) is 9.16. The van der Waals surface area contributed by atoms with E-state index in [4.69, 9.17) is 4.52 Å². The molecule has 0 saturated heterocycles. The summed E-state index contributed by atoms with van der Waals surface area (Å²) in [6, 6.07) is 0.591. The Morgan fingerprint density at radius 1 is 1.31 bits per heavy atom. The van der Waals surface area contributed by atoms with E-state index in [0.29, 0.717) is 19.3 Å². The summed E-state index contributed by atoms with van der Waals surface area (Å²) in [5.74, 6) is -0.287. The summed E-state index contributed by atoms with van der Waals surface area (Å²) in [7, 11) is -2.17. The third-order valence-corrected chi connectivity index (χ3v) is 7.08. The van der Waals surface area contributed by atoms with E-state index in [-0.39, 0.29) is 17.7 Å². The zero-order valence-corrected chi connectivity index (χ0v) is 16.4. The zero-order valence-electron chi connectivity index (χ0n) is 15.4. The molecule has 1 aliphatic rings. The molecule has 7 atom stereocenters. The Kier molecular flexibility index (Phi) is 7.41. The van der Waals surface area contributed by atoms with E-state index in [1.165, 1.54) is 16.8 Å². The number of aliphatic hydroxyl groups is 2. The van der Waals surface area contributed by atoms with Gasteiger partial charge >= 0.3 is 5.69 Å². The van der Waals surface area contributed by atoms with Crippen LogP contribution in [0.1, 0.15) is 52.5 Å². The van der Waals surface area contributed by atoms with Crippen molar-refractivity contribution in [2.24, 2.45) is 5.92 Å². The van der Waals surface area contributed by atoms with Gasteiger partial charge in [0.1, 0.15) is 6.10 Å². The van der Waals surface area contributed by atoms with Gasteiger partial charge in [0.25, 0.3) is 5.56 Å². The SMILES string of the molecule is CCC(C[C@H]1C[C@H](n2ccc(=O)[nH]c2=O)[C@H](O)[C@@H]1O)O[PH](=O)C(C)CC. The molecule has 1 fully saturated rings. The summed E-state index contributed by atoms with van der Waals surface area (Å²) in [6.45, 7) is 5.78. The smallest absolute Gasteiger partial charge is 0.328 e. The molecule has 0 aliphatic heterocycles. The molecule has 1 heterocycles. The van der Waals surface area contributed by atoms with Gasteiger partial charge in [-0.15, -0.1) is 0 Å². The summed E-state index contributed by atoms with van der Waals surface area (Å²) < 4.78 is 19.2. The molecule has 1 aromatic heterocycles. The lowest BCUT2D eigenvalue weighted by Gasteiger charge is -2.23. The second-order valence-electron chi connectivity index (χ2n) is 7.07. The lowest BCUT2D eigenvalue weighted by atomic mass is 9.96. The van der Waals surface area contributed by atoms with Crippen molar-refractivity contribution in [2.45, 2.75) is 76.5 Å². The minimum absolute atomic E-state index is 0.000565. The molecule has 9 heteroatoms. The number of H-pyrrole nitrogens is 1. The Bertz CT molecular complexity index is 732. The van der Waals surface area contributed by atoms with E-state index in [1.807, 2.05) is 20.8 Å². The monoisotopic (exact) mass is 388 g/mol. The summed E-state index contributed by atoms with van der Waals surface area (Å²) in [4.78, 5) is 25.3. The Balaban J connectivity index is 2.09. The van der Waals surface area contributed by atoms with E-state index in [2.05, 4.69) is 4.98 Å². The summed E-state index contributed by atoms with van der Waals surface area (Å²) in [5, 5.41) is 20.8. The lowest BCUT2D eigenvalue weighted by molar-refractivity contribution is -0.00218. The highest BCUT2D eigenvalue weighted by Crippen LogP contribution is 2.40. The Hall–Kier alpha value is -1.21. The first kappa shape index (κ1) is 21.1. The molecule has 3 N–H and O–H groups in total. The number of aromatic amines is 1. The molecular weight excluding hydrogens is 359 g/mol. The van der Waals surface area contributed by atoms with Gasteiger partial charge in [0.2, 0.25) is 0 Å². The van der Waals surface area contributed by atoms with E-state index in [9.17, 15) is 24.4 Å². The second kappa shape index (κ2) is 9.13. The molecule has 1 saturated carbocycles. The first-order chi connectivity index (χ1) is 12.3. The molecule has 26 heavy (non-hydrogen) atoms. The van der Waals surface area contributed by atoms with Crippen molar-refractivity contribution in [1.29, 1.82) is 0 Å². The standard InChI is InChI=1S/C17H29N2O6P/c1-4-10(3)26(24)25-12(5-2)8-11-9-13(16(22)15(11)21)19-7-6-14(20)18-17(19)23/h6-7,10-13,15-16,21-22,26H,4-5,8-9H2,1-3H3,(H,18,20,23)/t10?,11-,12?,13-,15+,16-/m0/s1. The fraction of sp³-hybridized carbons (Fsp3) is 0.765. The molecule has 148 valence electrons. The first-order valence-corrected chi connectivity index (χ1v) is 10.6. The van der Waals surface area contributed by atoms with Crippen molar-refractivity contribution in [1.82, 2.24) is 9.55 Å². The highest BCUT2D eigenvalue weighted by atomic mass is 31.1. The highest BCUT2D eigenvalue weighted by Gasteiger charge is 2.43. The molecule has 8 nitrogen and oxygen atoms in total. The van der Waals surface area contributed by atoms with Crippen LogP contribution < -0.4 is 11.2 Å². The van der Waals surface area contributed by atoms with Crippen LogP contribution in [0.25, 0.3) is 0 Å². The van der Waals surface area contributed by atoms with Crippen molar-refractivity contribution in [3.8, 4) is 0 Å². The van der Waals surface area contributed by atoms with Gasteiger partial charge in [-0.25, -0.2) is 4.79 Å². The number of nitrogens with zero attached hydrogens (tertiary/aromatic N) is 1. The molecule has 0 bridgehead atoms. The Labute approximate surface area is 153 Å². The third-order valence-electron chi connectivity index (χ3n) is 5.30. The van der Waals surface area contributed by atoms with Crippen LogP contribution >= 0.6 is 8.03 Å². The van der Waals surface area contributed by atoms with Crippen molar-refractivity contribution in [3.05, 3.63) is 33.1 Å². The molecule has 1 aliphatic carbocycles. The van der Waals surface area contributed by atoms with Gasteiger partial charge < -0.3 is 14.7 Å². The average molecular weight is 388 g/mol. The van der Waals surface area contributed by atoms with Crippen LogP contribution in [0, 0.1) is 5.92 Å². The largest absolute Gasteiger partial charge is 0.390 e. The molecular formula is C17H29N2O6P. The van der Waals surface area contributed by atoms with Crippen LogP contribution in [-0.4, -0.2) is 43.7 Å². The van der Waals surface area contributed by atoms with Gasteiger partial charge in [0, 0.05) is 17.9 Å². The molecule has 0 radical (unpaired) electrons. The van der Waals surface area contributed by atoms with E-state index in [1.54, 1.807) is 0 Å². The number of nitrogens with one attached hydrogen (secondary N) is 1. The van der Waals surface area contributed by atoms with Gasteiger partial charge in [-0.2, -0.15) is 0 Å². The fourth-order valence-electron chi connectivity index (χ4n) is 3.38. The van der Waals surface area contributed by atoms with E-state index >= 15 is 0 Å². The molecule has 0 amide bonds. The number of hydrogen-bond donors (Lipinski definition) is 3. The second-order valence-corrected chi connectivity index (χ2v) is 8.93. The van der Waals surface area contributed by atoms with Crippen LogP contribution in [0.5, 0.6) is 0 Å². The Morgan fingerprint density at radius 2 is 2.00 bits per heavy atom. The van der Waals surface area contributed by atoms with E-state index < -0.39 is 37.5 Å². The fourth-order valence-corrected chi connectivity index (χ4v) is 4.54. The molecule has 0 spiro atoms. The number of aromatic nitrogens is 2. The van der Waals surface area contributed by atoms with Gasteiger partial charge in [-0.1, -0.05) is 20.8 Å². The van der Waals surface area contributed by atoms with E-state index in [0.717, 1.165) is 6.42 Å². The maximum absolute atomic E-state index is 12.2. The predicted octanol–water partition coefficient (Wildman–Crippen LogP) is 1.28. The minimum atomic E-state index is -2.17. The number of aliphatic hydroxyl groups excluding tert-OH is 2. The highest BCUT2D eigenvalue weighted by molar-refractivity contribution is 7.40.